The highest BCUT2D eigenvalue weighted by Gasteiger charge is 2.18. The summed E-state index contributed by atoms with van der Waals surface area (Å²) < 4.78 is 56.3. The summed E-state index contributed by atoms with van der Waals surface area (Å²) in [6, 6.07) is 9.88. The molecule has 2 aromatic rings. The van der Waals surface area contributed by atoms with Gasteiger partial charge in [-0.15, -0.1) is 0 Å². The van der Waals surface area contributed by atoms with Crippen LogP contribution in [0.3, 0.4) is 0 Å². The van der Waals surface area contributed by atoms with Gasteiger partial charge in [-0.25, -0.2) is 17.2 Å². The fraction of sp³-hybridized carbons (Fsp3) is 0.278. The number of hydrogen-bond acceptors (Lipinski definition) is 4. The van der Waals surface area contributed by atoms with E-state index in [-0.39, 0.29) is 25.2 Å². The Morgan fingerprint density at radius 1 is 1.11 bits per heavy atom. The summed E-state index contributed by atoms with van der Waals surface area (Å²) in [5.74, 6) is -1.96. The van der Waals surface area contributed by atoms with Crippen LogP contribution in [0.4, 0.5) is 14.5 Å². The third-order valence-electron chi connectivity index (χ3n) is 3.78. The van der Waals surface area contributed by atoms with Crippen molar-refractivity contribution in [2.45, 2.75) is 13.0 Å². The first-order chi connectivity index (χ1) is 12.7. The van der Waals surface area contributed by atoms with E-state index < -0.39 is 27.6 Å². The first-order valence-electron chi connectivity index (χ1n) is 8.02. The van der Waals surface area contributed by atoms with Gasteiger partial charge in [-0.3, -0.25) is 4.79 Å². The Hall–Kier alpha value is -2.52. The van der Waals surface area contributed by atoms with Gasteiger partial charge in [-0.05, 0) is 29.8 Å². The standard InChI is InChI=1S/C18H20F2N2O4S/c1-26-15-6-3-13(4-7-15)12-22(27(2,24)25)10-9-18(23)21-14-5-8-16(19)17(20)11-14/h3-8,11H,9-10,12H2,1-2H3,(H,21,23). The number of anilines is 1. The SMILES string of the molecule is COc1ccc(CN(CCC(=O)Nc2ccc(F)c(F)c2)S(C)(=O)=O)cc1. The Bertz CT molecular complexity index is 902. The molecule has 146 valence electrons. The second-order valence-corrected chi connectivity index (χ2v) is 7.85. The van der Waals surface area contributed by atoms with Gasteiger partial charge in [0.25, 0.3) is 0 Å². The van der Waals surface area contributed by atoms with Gasteiger partial charge < -0.3 is 10.1 Å². The summed E-state index contributed by atoms with van der Waals surface area (Å²) >= 11 is 0. The lowest BCUT2D eigenvalue weighted by Gasteiger charge is -2.20. The van der Waals surface area contributed by atoms with Crippen LogP contribution < -0.4 is 10.1 Å². The maximum atomic E-state index is 13.2. The Morgan fingerprint density at radius 3 is 2.33 bits per heavy atom. The number of sulfonamides is 1. The normalized spacial score (nSPS) is 11.4. The zero-order chi connectivity index (χ0) is 20.0. The van der Waals surface area contributed by atoms with Crippen LogP contribution in [-0.2, 0) is 21.4 Å². The maximum absolute atomic E-state index is 13.2. The minimum Gasteiger partial charge on any atom is -0.497 e. The highest BCUT2D eigenvalue weighted by atomic mass is 32.2. The number of rotatable bonds is 8. The average molecular weight is 398 g/mol. The molecule has 1 N–H and O–H groups in total. The van der Waals surface area contributed by atoms with Crippen molar-refractivity contribution < 1.29 is 26.7 Å². The number of nitrogens with one attached hydrogen (secondary N) is 1. The fourth-order valence-electron chi connectivity index (χ4n) is 2.32. The lowest BCUT2D eigenvalue weighted by molar-refractivity contribution is -0.116. The van der Waals surface area contributed by atoms with Crippen molar-refractivity contribution in [3.05, 3.63) is 59.7 Å². The third kappa shape index (κ3) is 6.30. The van der Waals surface area contributed by atoms with Gasteiger partial charge >= 0.3 is 0 Å². The lowest BCUT2D eigenvalue weighted by atomic mass is 10.2. The summed E-state index contributed by atoms with van der Waals surface area (Å²) in [4.78, 5) is 12.0. The minimum absolute atomic E-state index is 0.0552. The van der Waals surface area contributed by atoms with Gasteiger partial charge in [0.15, 0.2) is 11.6 Å². The number of methoxy groups -OCH3 is 1. The predicted octanol–water partition coefficient (Wildman–Crippen LogP) is 2.76. The molecule has 0 heterocycles. The number of carbonyl (C=O) groups is 1. The number of amides is 1. The van der Waals surface area contributed by atoms with Gasteiger partial charge in [0.2, 0.25) is 15.9 Å². The van der Waals surface area contributed by atoms with E-state index in [1.165, 1.54) is 17.5 Å². The lowest BCUT2D eigenvalue weighted by Crippen LogP contribution is -2.32. The van der Waals surface area contributed by atoms with Gasteiger partial charge in [-0.2, -0.15) is 4.31 Å². The van der Waals surface area contributed by atoms with E-state index in [4.69, 9.17) is 4.74 Å². The molecule has 0 radical (unpaired) electrons. The minimum atomic E-state index is -3.55. The van der Waals surface area contributed by atoms with E-state index in [9.17, 15) is 22.0 Å². The van der Waals surface area contributed by atoms with Crippen molar-refractivity contribution in [3.8, 4) is 5.75 Å². The highest BCUT2D eigenvalue weighted by Crippen LogP contribution is 2.16. The molecule has 2 aromatic carbocycles. The monoisotopic (exact) mass is 398 g/mol. The Kier molecular flexibility index (Phi) is 6.86. The van der Waals surface area contributed by atoms with Crippen molar-refractivity contribution in [1.29, 1.82) is 0 Å². The molecule has 0 aromatic heterocycles. The second-order valence-electron chi connectivity index (χ2n) is 5.87. The summed E-state index contributed by atoms with van der Waals surface area (Å²) in [5.41, 5.74) is 0.835. The Morgan fingerprint density at radius 2 is 1.78 bits per heavy atom. The summed E-state index contributed by atoms with van der Waals surface area (Å²) in [7, 11) is -2.02. The molecule has 0 saturated heterocycles. The molecule has 0 aliphatic heterocycles. The summed E-state index contributed by atoms with van der Waals surface area (Å²) in [6.07, 6.45) is 0.923. The maximum Gasteiger partial charge on any atom is 0.225 e. The van der Waals surface area contributed by atoms with Crippen LogP contribution in [0.25, 0.3) is 0 Å². The van der Waals surface area contributed by atoms with Crippen LogP contribution in [0.5, 0.6) is 5.75 Å². The van der Waals surface area contributed by atoms with Crippen molar-refractivity contribution in [2.75, 3.05) is 25.2 Å². The zero-order valence-corrected chi connectivity index (χ0v) is 15.7. The molecule has 0 aliphatic rings. The summed E-state index contributed by atoms with van der Waals surface area (Å²) in [6.45, 7) is 0.0433. The van der Waals surface area contributed by atoms with Crippen LogP contribution >= 0.6 is 0 Å². The second kappa shape index (κ2) is 8.92. The van der Waals surface area contributed by atoms with E-state index in [2.05, 4.69) is 5.32 Å². The number of ether oxygens (including phenoxy) is 1. The van der Waals surface area contributed by atoms with E-state index in [0.717, 1.165) is 24.0 Å². The quantitative estimate of drug-likeness (QED) is 0.742. The van der Waals surface area contributed by atoms with Crippen molar-refractivity contribution >= 4 is 21.6 Å². The molecule has 27 heavy (non-hydrogen) atoms. The molecule has 6 nitrogen and oxygen atoms in total. The van der Waals surface area contributed by atoms with Gasteiger partial charge in [0, 0.05) is 31.3 Å². The number of halogens is 2. The largest absolute Gasteiger partial charge is 0.497 e. The van der Waals surface area contributed by atoms with Crippen LogP contribution in [0.15, 0.2) is 42.5 Å². The third-order valence-corrected chi connectivity index (χ3v) is 5.03. The van der Waals surface area contributed by atoms with Crippen LogP contribution in [0.1, 0.15) is 12.0 Å². The van der Waals surface area contributed by atoms with Crippen molar-refractivity contribution in [3.63, 3.8) is 0 Å². The van der Waals surface area contributed by atoms with Crippen molar-refractivity contribution in [2.24, 2.45) is 0 Å². The number of hydrogen-bond donors (Lipinski definition) is 1. The van der Waals surface area contributed by atoms with Gasteiger partial charge in [0.1, 0.15) is 5.75 Å². The van der Waals surface area contributed by atoms with Crippen LogP contribution in [-0.4, -0.2) is 38.5 Å². The molecule has 1 amide bonds. The summed E-state index contributed by atoms with van der Waals surface area (Å²) in [5, 5.41) is 2.41. The molecule has 0 atom stereocenters. The first kappa shape index (κ1) is 20.8. The van der Waals surface area contributed by atoms with E-state index in [0.29, 0.717) is 5.75 Å². The first-order valence-corrected chi connectivity index (χ1v) is 9.87. The van der Waals surface area contributed by atoms with Crippen LogP contribution in [0.2, 0.25) is 0 Å². The molecular formula is C18H20F2N2O4S. The Balaban J connectivity index is 1.99. The number of nitrogens with zero attached hydrogens (tertiary/aromatic N) is 1. The molecule has 0 aliphatic carbocycles. The predicted molar refractivity (Wildman–Crippen MR) is 97.9 cm³/mol. The Labute approximate surface area is 156 Å². The van der Waals surface area contributed by atoms with E-state index in [1.54, 1.807) is 24.3 Å². The van der Waals surface area contributed by atoms with Gasteiger partial charge in [-0.1, -0.05) is 12.1 Å². The smallest absolute Gasteiger partial charge is 0.225 e. The molecule has 0 spiro atoms. The zero-order valence-electron chi connectivity index (χ0n) is 14.9. The van der Waals surface area contributed by atoms with Crippen molar-refractivity contribution in [1.82, 2.24) is 4.31 Å². The molecule has 9 heteroatoms. The number of carbonyl (C=O) groups excluding carboxylic acids is 1. The number of benzene rings is 2. The molecule has 0 fully saturated rings. The molecule has 0 bridgehead atoms. The molecular weight excluding hydrogens is 378 g/mol. The highest BCUT2D eigenvalue weighted by molar-refractivity contribution is 7.88. The topological polar surface area (TPSA) is 75.7 Å². The molecule has 0 unspecified atom stereocenters. The van der Waals surface area contributed by atoms with Crippen LogP contribution in [0, 0.1) is 11.6 Å². The van der Waals surface area contributed by atoms with Gasteiger partial charge in [0.05, 0.1) is 13.4 Å². The van der Waals surface area contributed by atoms with E-state index in [1.807, 2.05) is 0 Å². The molecule has 0 saturated carbocycles. The van der Waals surface area contributed by atoms with E-state index >= 15 is 0 Å². The average Bonchev–Trinajstić information content (AvgIpc) is 2.61. The fourth-order valence-corrected chi connectivity index (χ4v) is 3.13. The molecule has 2 rings (SSSR count).